The summed E-state index contributed by atoms with van der Waals surface area (Å²) in [7, 11) is 0. The molecule has 1 rings (SSSR count). The molecule has 0 atom stereocenters. The average molecular weight is 84.1 g/mol. The van der Waals surface area contributed by atoms with Gasteiger partial charge in [0.2, 0.25) is 0 Å². The van der Waals surface area contributed by atoms with Crippen LogP contribution in [0.2, 0.25) is 0 Å². The van der Waals surface area contributed by atoms with Crippen LogP contribution in [-0.4, -0.2) is 5.60 Å². The Hall–Kier alpha value is -0.460. The molecule has 0 aromatic rings. The predicted octanol–water partition coefficient (Wildman–Crippen LogP) is 1.31. The molecule has 0 saturated heterocycles. The summed E-state index contributed by atoms with van der Waals surface area (Å²) in [5, 5.41) is 0. The molecular formula is C5H8O. The second-order valence-electron chi connectivity index (χ2n) is 2.02. The summed E-state index contributed by atoms with van der Waals surface area (Å²) >= 11 is 0. The molecule has 0 amide bonds. The van der Waals surface area contributed by atoms with E-state index >= 15 is 0 Å². The van der Waals surface area contributed by atoms with Gasteiger partial charge in [-0.2, -0.15) is 0 Å². The Morgan fingerprint density at radius 1 is 1.50 bits per heavy atom. The van der Waals surface area contributed by atoms with Gasteiger partial charge in [0.05, 0.1) is 6.26 Å². The van der Waals surface area contributed by atoms with Gasteiger partial charge < -0.3 is 4.74 Å². The van der Waals surface area contributed by atoms with Crippen LogP contribution in [0.1, 0.15) is 13.8 Å². The van der Waals surface area contributed by atoms with E-state index in [2.05, 4.69) is 0 Å². The third-order valence-corrected chi connectivity index (χ3v) is 0.841. The number of hydrogen-bond donors (Lipinski definition) is 0. The molecule has 1 nitrogen and oxygen atoms in total. The van der Waals surface area contributed by atoms with Crippen molar-refractivity contribution in [3.63, 3.8) is 0 Å². The minimum atomic E-state index is 0.0417. The highest BCUT2D eigenvalue weighted by Crippen LogP contribution is 2.19. The number of rotatable bonds is 0. The first-order chi connectivity index (χ1) is 2.71. The van der Waals surface area contributed by atoms with Gasteiger partial charge in [-0.05, 0) is 19.9 Å². The Labute approximate surface area is 37.6 Å². The fourth-order valence-corrected chi connectivity index (χ4v) is 0.340. The Bertz CT molecular complexity index is 81.9. The van der Waals surface area contributed by atoms with Gasteiger partial charge in [-0.3, -0.25) is 0 Å². The smallest absolute Gasteiger partial charge is 0.124 e. The first-order valence-electron chi connectivity index (χ1n) is 2.06. The van der Waals surface area contributed by atoms with Crippen molar-refractivity contribution in [1.29, 1.82) is 0 Å². The number of ether oxygens (including phenoxy) is 1. The van der Waals surface area contributed by atoms with E-state index in [9.17, 15) is 0 Å². The zero-order valence-corrected chi connectivity index (χ0v) is 4.06. The van der Waals surface area contributed by atoms with E-state index in [0.717, 1.165) is 0 Å². The molecule has 34 valence electrons. The van der Waals surface area contributed by atoms with Crippen LogP contribution >= 0.6 is 0 Å². The lowest BCUT2D eigenvalue weighted by Gasteiger charge is -2.26. The van der Waals surface area contributed by atoms with Crippen LogP contribution in [0.15, 0.2) is 12.3 Å². The van der Waals surface area contributed by atoms with Gasteiger partial charge in [-0.25, -0.2) is 0 Å². The summed E-state index contributed by atoms with van der Waals surface area (Å²) in [6, 6.07) is 0. The number of hydrogen-bond acceptors (Lipinski definition) is 1. The molecular weight excluding hydrogens is 76.1 g/mol. The van der Waals surface area contributed by atoms with Crippen molar-refractivity contribution in [2.45, 2.75) is 19.4 Å². The van der Waals surface area contributed by atoms with Gasteiger partial charge in [-0.1, -0.05) is 0 Å². The molecule has 1 aliphatic rings. The molecule has 6 heavy (non-hydrogen) atoms. The van der Waals surface area contributed by atoms with Crippen LogP contribution in [0, 0.1) is 0 Å². The van der Waals surface area contributed by atoms with Crippen molar-refractivity contribution in [3.05, 3.63) is 12.3 Å². The van der Waals surface area contributed by atoms with Crippen LogP contribution in [0.4, 0.5) is 0 Å². The molecule has 0 spiro atoms. The highest BCUT2D eigenvalue weighted by atomic mass is 16.5. The molecule has 0 unspecified atom stereocenters. The maximum Gasteiger partial charge on any atom is 0.124 e. The standard InChI is InChI=1S/C5H8O/c1-5(2)3-4-6-5/h3-4H,1-2H3. The largest absolute Gasteiger partial charge is 0.491 e. The molecule has 1 heteroatoms. The summed E-state index contributed by atoms with van der Waals surface area (Å²) in [4.78, 5) is 0. The van der Waals surface area contributed by atoms with Gasteiger partial charge in [0.25, 0.3) is 0 Å². The fourth-order valence-electron chi connectivity index (χ4n) is 0.340. The molecule has 1 heterocycles. The lowest BCUT2D eigenvalue weighted by atomic mass is 10.1. The minimum Gasteiger partial charge on any atom is -0.491 e. The minimum absolute atomic E-state index is 0.0417. The fraction of sp³-hybridized carbons (Fsp3) is 0.600. The zero-order chi connectivity index (χ0) is 4.62. The van der Waals surface area contributed by atoms with E-state index in [1.54, 1.807) is 6.26 Å². The first kappa shape index (κ1) is 3.72. The van der Waals surface area contributed by atoms with Gasteiger partial charge in [0.15, 0.2) is 0 Å². The van der Waals surface area contributed by atoms with Crippen LogP contribution < -0.4 is 0 Å². The van der Waals surface area contributed by atoms with Gasteiger partial charge in [0, 0.05) is 0 Å². The Morgan fingerprint density at radius 3 is 1.83 bits per heavy atom. The summed E-state index contributed by atoms with van der Waals surface area (Å²) < 4.78 is 4.94. The van der Waals surface area contributed by atoms with Crippen molar-refractivity contribution < 1.29 is 4.74 Å². The molecule has 0 radical (unpaired) electrons. The van der Waals surface area contributed by atoms with E-state index in [1.807, 2.05) is 19.9 Å². The van der Waals surface area contributed by atoms with Crippen molar-refractivity contribution in [2.75, 3.05) is 0 Å². The summed E-state index contributed by atoms with van der Waals surface area (Å²) in [6.45, 7) is 4.04. The lowest BCUT2D eigenvalue weighted by Crippen LogP contribution is -2.24. The SMILES string of the molecule is CC1(C)C=CO1. The molecule has 0 aromatic heterocycles. The molecule has 1 aliphatic heterocycles. The second-order valence-corrected chi connectivity index (χ2v) is 2.02. The van der Waals surface area contributed by atoms with Crippen LogP contribution in [0.3, 0.4) is 0 Å². The molecule has 0 aliphatic carbocycles. The zero-order valence-electron chi connectivity index (χ0n) is 4.06. The van der Waals surface area contributed by atoms with Crippen LogP contribution in [0.5, 0.6) is 0 Å². The third-order valence-electron chi connectivity index (χ3n) is 0.841. The molecule has 0 bridgehead atoms. The maximum absolute atomic E-state index is 4.94. The van der Waals surface area contributed by atoms with E-state index in [4.69, 9.17) is 4.74 Å². The highest BCUT2D eigenvalue weighted by Gasteiger charge is 2.19. The Balaban J connectivity index is 2.57. The predicted molar refractivity (Wildman–Crippen MR) is 24.3 cm³/mol. The molecule has 0 aromatic carbocycles. The van der Waals surface area contributed by atoms with E-state index in [0.29, 0.717) is 0 Å². The highest BCUT2D eigenvalue weighted by molar-refractivity contribution is 5.02. The van der Waals surface area contributed by atoms with Crippen LogP contribution in [-0.2, 0) is 4.74 Å². The quantitative estimate of drug-likeness (QED) is 0.430. The van der Waals surface area contributed by atoms with Crippen molar-refractivity contribution in [2.24, 2.45) is 0 Å². The summed E-state index contributed by atoms with van der Waals surface area (Å²) in [5.41, 5.74) is 0.0417. The summed E-state index contributed by atoms with van der Waals surface area (Å²) in [6.07, 6.45) is 3.73. The molecule has 0 fully saturated rings. The summed E-state index contributed by atoms with van der Waals surface area (Å²) in [5.74, 6) is 0. The van der Waals surface area contributed by atoms with E-state index < -0.39 is 0 Å². The van der Waals surface area contributed by atoms with Crippen molar-refractivity contribution in [1.82, 2.24) is 0 Å². The Morgan fingerprint density at radius 2 is 1.83 bits per heavy atom. The monoisotopic (exact) mass is 84.1 g/mol. The van der Waals surface area contributed by atoms with Crippen molar-refractivity contribution in [3.8, 4) is 0 Å². The lowest BCUT2D eigenvalue weighted by molar-refractivity contribution is 0.0586. The average Bonchev–Trinajstić information content (AvgIpc) is 1.32. The maximum atomic E-state index is 4.94. The van der Waals surface area contributed by atoms with Gasteiger partial charge >= 0.3 is 0 Å². The van der Waals surface area contributed by atoms with Crippen LogP contribution in [0.25, 0.3) is 0 Å². The topological polar surface area (TPSA) is 9.23 Å². The van der Waals surface area contributed by atoms with Gasteiger partial charge in [-0.15, -0.1) is 0 Å². The normalized spacial score (nSPS) is 25.0. The van der Waals surface area contributed by atoms with Gasteiger partial charge in [0.1, 0.15) is 5.60 Å². The molecule has 0 N–H and O–H groups in total. The molecule has 0 saturated carbocycles. The second kappa shape index (κ2) is 0.780. The first-order valence-corrected chi connectivity index (χ1v) is 2.06. The van der Waals surface area contributed by atoms with E-state index in [-0.39, 0.29) is 5.60 Å². The third kappa shape index (κ3) is 0.402. The van der Waals surface area contributed by atoms with E-state index in [1.165, 1.54) is 0 Å². The van der Waals surface area contributed by atoms with Crippen molar-refractivity contribution >= 4 is 0 Å². The Kier molecular flexibility index (Phi) is 0.484.